The third-order valence-corrected chi connectivity index (χ3v) is 5.40. The zero-order valence-electron chi connectivity index (χ0n) is 15.9. The number of carboxylic acids is 1. The first-order valence-corrected chi connectivity index (χ1v) is 9.83. The van der Waals surface area contributed by atoms with E-state index in [0.717, 1.165) is 10.8 Å². The van der Waals surface area contributed by atoms with E-state index in [2.05, 4.69) is 0 Å². The molecule has 29 heavy (non-hydrogen) atoms. The second-order valence-corrected chi connectivity index (χ2v) is 7.17. The summed E-state index contributed by atoms with van der Waals surface area (Å²) >= 11 is -2.46. The fourth-order valence-corrected chi connectivity index (χ4v) is 3.96. The van der Waals surface area contributed by atoms with Gasteiger partial charge >= 0.3 is 5.97 Å². The Bertz CT molecular complexity index is 1050. The molecule has 3 aromatic carbocycles. The lowest BCUT2D eigenvalue weighted by molar-refractivity contribution is -0.137. The number of nitrogens with zero attached hydrogens (tertiary/aromatic N) is 1. The molecule has 3 rings (SSSR count). The quantitative estimate of drug-likeness (QED) is 0.540. The van der Waals surface area contributed by atoms with Gasteiger partial charge in [-0.1, -0.05) is 36.4 Å². The summed E-state index contributed by atoms with van der Waals surface area (Å²) < 4.78 is 34.1. The number of carbonyl (C=O) groups is 1. The second kappa shape index (κ2) is 8.93. The number of hydrogen-bond acceptors (Lipinski definition) is 4. The van der Waals surface area contributed by atoms with Crippen molar-refractivity contribution in [2.75, 3.05) is 18.5 Å². The van der Waals surface area contributed by atoms with E-state index in [1.165, 1.54) is 18.5 Å². The smallest absolute Gasteiger partial charge is 0.305 e. The Morgan fingerprint density at radius 2 is 1.69 bits per heavy atom. The highest BCUT2D eigenvalue weighted by molar-refractivity contribution is 7.80. The molecule has 0 spiro atoms. The molecule has 3 aromatic rings. The number of ether oxygens (including phenoxy) is 2. The Balaban J connectivity index is 2.12. The highest BCUT2D eigenvalue weighted by atomic mass is 32.2. The van der Waals surface area contributed by atoms with Crippen molar-refractivity contribution in [3.05, 3.63) is 66.2 Å². The second-order valence-electron chi connectivity index (χ2n) is 6.32. The Morgan fingerprint density at radius 3 is 2.31 bits per heavy atom. The fraction of sp³-hybridized carbons (Fsp3) is 0.190. The van der Waals surface area contributed by atoms with E-state index in [9.17, 15) is 18.7 Å². The lowest BCUT2D eigenvalue weighted by Crippen LogP contribution is -2.32. The highest BCUT2D eigenvalue weighted by Gasteiger charge is 2.29. The van der Waals surface area contributed by atoms with Crippen molar-refractivity contribution in [3.8, 4) is 11.5 Å². The predicted molar refractivity (Wildman–Crippen MR) is 112 cm³/mol. The summed E-state index contributed by atoms with van der Waals surface area (Å²) in [7, 11) is 2.97. The molecule has 0 amide bonds. The number of carboxylic acid groups (broad SMARTS) is 1. The molecule has 2 unspecified atom stereocenters. The molecule has 2 N–H and O–H groups in total. The topological polar surface area (TPSA) is 96.3 Å². The normalized spacial score (nSPS) is 12.9. The van der Waals surface area contributed by atoms with Crippen molar-refractivity contribution in [1.29, 1.82) is 0 Å². The monoisotopic (exact) mass is 415 g/mol. The molecule has 152 valence electrons. The summed E-state index contributed by atoms with van der Waals surface area (Å²) in [5.41, 5.74) is 0.950. The van der Waals surface area contributed by atoms with Gasteiger partial charge in [0.05, 0.1) is 32.4 Å². The zero-order chi connectivity index (χ0) is 21.0. The summed E-state index contributed by atoms with van der Waals surface area (Å²) in [4.78, 5) is 11.6. The van der Waals surface area contributed by atoms with Gasteiger partial charge < -0.3 is 14.6 Å². The lowest BCUT2D eigenvalue weighted by Gasteiger charge is -2.30. The summed E-state index contributed by atoms with van der Waals surface area (Å²) in [6.07, 6.45) is -0.380. The molecule has 7 nitrogen and oxygen atoms in total. The number of benzene rings is 3. The number of methoxy groups -OCH3 is 2. The molecular formula is C21H21NO6S. The van der Waals surface area contributed by atoms with E-state index < -0.39 is 23.3 Å². The predicted octanol–water partition coefficient (Wildman–Crippen LogP) is 4.02. The van der Waals surface area contributed by atoms with E-state index in [-0.39, 0.29) is 6.42 Å². The van der Waals surface area contributed by atoms with Crippen LogP contribution < -0.4 is 13.8 Å². The molecule has 0 aromatic heterocycles. The minimum absolute atomic E-state index is 0.380. The minimum atomic E-state index is -2.46. The van der Waals surface area contributed by atoms with E-state index in [1.54, 1.807) is 30.3 Å². The summed E-state index contributed by atoms with van der Waals surface area (Å²) in [5, 5.41) is 11.3. The molecule has 0 bridgehead atoms. The van der Waals surface area contributed by atoms with Gasteiger partial charge in [0.1, 0.15) is 0 Å². The largest absolute Gasteiger partial charge is 0.493 e. The van der Waals surface area contributed by atoms with Crippen LogP contribution in [-0.2, 0) is 16.1 Å². The maximum Gasteiger partial charge on any atom is 0.305 e. The molecule has 0 saturated carbocycles. The summed E-state index contributed by atoms with van der Waals surface area (Å²) in [5.74, 6) is -0.212. The fourth-order valence-electron chi connectivity index (χ4n) is 3.25. The molecule has 0 saturated heterocycles. The van der Waals surface area contributed by atoms with Crippen LogP contribution in [0.3, 0.4) is 0 Å². The first-order chi connectivity index (χ1) is 13.9. The van der Waals surface area contributed by atoms with Crippen LogP contribution in [0, 0.1) is 0 Å². The Morgan fingerprint density at radius 1 is 1.00 bits per heavy atom. The average Bonchev–Trinajstić information content (AvgIpc) is 2.72. The molecular weight excluding hydrogens is 394 g/mol. The molecule has 0 aliphatic rings. The van der Waals surface area contributed by atoms with Crippen LogP contribution in [0.15, 0.2) is 60.7 Å². The Labute approximate surface area is 170 Å². The molecule has 0 fully saturated rings. The highest BCUT2D eigenvalue weighted by Crippen LogP contribution is 2.37. The average molecular weight is 415 g/mol. The van der Waals surface area contributed by atoms with Crippen molar-refractivity contribution in [2.24, 2.45) is 0 Å². The van der Waals surface area contributed by atoms with Gasteiger partial charge in [-0.15, -0.1) is 0 Å². The standard InChI is InChI=1S/C21H21NO6S/c1-27-19-10-8-16(12-20(19)28-2)18(13-21(23)24)22(29(25)26)17-9-7-14-5-3-4-6-15(14)11-17/h3-12,18H,13H2,1-2H3,(H,23,24)(H,25,26). The third-order valence-electron chi connectivity index (χ3n) is 4.60. The van der Waals surface area contributed by atoms with Crippen LogP contribution in [0.2, 0.25) is 0 Å². The Hall–Kier alpha value is -3.10. The van der Waals surface area contributed by atoms with Gasteiger partial charge in [-0.2, -0.15) is 0 Å². The van der Waals surface area contributed by atoms with Crippen molar-refractivity contribution in [3.63, 3.8) is 0 Å². The number of fused-ring (bicyclic) bond motifs is 1. The van der Waals surface area contributed by atoms with E-state index >= 15 is 0 Å². The zero-order valence-corrected chi connectivity index (χ0v) is 16.8. The molecule has 0 aliphatic carbocycles. The number of aliphatic carboxylic acids is 1. The maximum atomic E-state index is 12.3. The number of anilines is 1. The van der Waals surface area contributed by atoms with Gasteiger partial charge in [0, 0.05) is 0 Å². The van der Waals surface area contributed by atoms with Gasteiger partial charge in [-0.25, -0.2) is 4.21 Å². The summed E-state index contributed by atoms with van der Waals surface area (Å²) in [6.45, 7) is 0. The van der Waals surface area contributed by atoms with Crippen LogP contribution in [0.1, 0.15) is 18.0 Å². The maximum absolute atomic E-state index is 12.3. The Kier molecular flexibility index (Phi) is 6.36. The van der Waals surface area contributed by atoms with E-state index in [4.69, 9.17) is 9.47 Å². The molecule has 0 radical (unpaired) electrons. The van der Waals surface area contributed by atoms with Crippen LogP contribution in [0.5, 0.6) is 11.5 Å². The minimum Gasteiger partial charge on any atom is -0.493 e. The molecule has 0 heterocycles. The van der Waals surface area contributed by atoms with Crippen LogP contribution in [0.25, 0.3) is 10.8 Å². The van der Waals surface area contributed by atoms with Gasteiger partial charge in [-0.3, -0.25) is 13.7 Å². The molecule has 2 atom stereocenters. The lowest BCUT2D eigenvalue weighted by atomic mass is 10.0. The SMILES string of the molecule is COc1ccc(C(CC(=O)O)N(c2ccc3ccccc3c2)S(=O)O)cc1OC. The van der Waals surface area contributed by atoms with E-state index in [0.29, 0.717) is 22.7 Å². The van der Waals surface area contributed by atoms with Crippen molar-refractivity contribution < 1.29 is 28.1 Å². The first kappa shape index (κ1) is 20.6. The van der Waals surface area contributed by atoms with Gasteiger partial charge in [0.2, 0.25) is 0 Å². The number of hydrogen-bond donors (Lipinski definition) is 2. The third kappa shape index (κ3) is 4.49. The van der Waals surface area contributed by atoms with Crippen molar-refractivity contribution in [2.45, 2.75) is 12.5 Å². The van der Waals surface area contributed by atoms with Gasteiger partial charge in [0.25, 0.3) is 11.3 Å². The summed E-state index contributed by atoms with van der Waals surface area (Å²) in [6, 6.07) is 16.9. The van der Waals surface area contributed by atoms with Gasteiger partial charge in [0.15, 0.2) is 11.5 Å². The van der Waals surface area contributed by atoms with Crippen molar-refractivity contribution in [1.82, 2.24) is 0 Å². The first-order valence-electron chi connectivity index (χ1n) is 8.77. The number of rotatable bonds is 8. The molecule has 0 aliphatic heterocycles. The van der Waals surface area contributed by atoms with Crippen molar-refractivity contribution >= 4 is 33.7 Å². The van der Waals surface area contributed by atoms with E-state index in [1.807, 2.05) is 30.3 Å². The van der Waals surface area contributed by atoms with Crippen LogP contribution in [-0.4, -0.2) is 34.1 Å². The van der Waals surface area contributed by atoms with Crippen LogP contribution in [0.4, 0.5) is 5.69 Å². The molecule has 8 heteroatoms. The van der Waals surface area contributed by atoms with Gasteiger partial charge in [-0.05, 0) is 40.6 Å². The van der Waals surface area contributed by atoms with Crippen LogP contribution >= 0.6 is 0 Å².